The molecule has 0 aliphatic heterocycles. The summed E-state index contributed by atoms with van der Waals surface area (Å²) in [5.41, 5.74) is 7.49. The highest BCUT2D eigenvalue weighted by molar-refractivity contribution is 14.0. The van der Waals surface area contributed by atoms with Gasteiger partial charge in [-0.15, -0.1) is 24.0 Å². The minimum absolute atomic E-state index is 0. The fourth-order valence-corrected chi connectivity index (χ4v) is 2.14. The van der Waals surface area contributed by atoms with Gasteiger partial charge in [0.25, 0.3) is 0 Å². The van der Waals surface area contributed by atoms with Gasteiger partial charge >= 0.3 is 0 Å². The third-order valence-corrected chi connectivity index (χ3v) is 3.41. The fraction of sp³-hybridized carbons (Fsp3) is 0.278. The summed E-state index contributed by atoms with van der Waals surface area (Å²) in [5.74, 6) is -0.103. The van der Waals surface area contributed by atoms with E-state index in [1.807, 2.05) is 18.2 Å². The van der Waals surface area contributed by atoms with Crippen molar-refractivity contribution in [3.05, 3.63) is 65.7 Å². The maximum absolute atomic E-state index is 12.8. The first-order valence-electron chi connectivity index (χ1n) is 8.08. The molecule has 0 saturated carbocycles. The summed E-state index contributed by atoms with van der Waals surface area (Å²) in [5, 5.41) is 5.71. The van der Waals surface area contributed by atoms with Crippen LogP contribution in [0.3, 0.4) is 0 Å². The zero-order chi connectivity index (χ0) is 17.9. The molecule has 1 aromatic heterocycles. The molecule has 0 atom stereocenters. The maximum Gasteiger partial charge on any atom is 0.224 e. The first-order valence-corrected chi connectivity index (χ1v) is 8.08. The molecule has 0 saturated heterocycles. The second kappa shape index (κ2) is 12.2. The summed E-state index contributed by atoms with van der Waals surface area (Å²) in [6.07, 6.45) is 2.68. The van der Waals surface area contributed by atoms with Crippen LogP contribution in [0.5, 0.6) is 0 Å². The lowest BCUT2D eigenvalue weighted by Crippen LogP contribution is -2.39. The summed E-state index contributed by atoms with van der Waals surface area (Å²) in [6.45, 7) is 1.46. The van der Waals surface area contributed by atoms with E-state index >= 15 is 0 Å². The number of nitrogens with zero attached hydrogens (tertiary/aromatic N) is 2. The second-order valence-electron chi connectivity index (χ2n) is 5.42. The van der Waals surface area contributed by atoms with Crippen LogP contribution in [0.2, 0.25) is 0 Å². The number of aliphatic imine (C=N–C) groups is 1. The summed E-state index contributed by atoms with van der Waals surface area (Å²) >= 11 is 0. The maximum atomic E-state index is 12.8. The number of halogens is 2. The lowest BCUT2D eigenvalue weighted by atomic mass is 10.1. The Bertz CT molecular complexity index is 694. The van der Waals surface area contributed by atoms with Crippen molar-refractivity contribution in [1.29, 1.82) is 0 Å². The smallest absolute Gasteiger partial charge is 0.224 e. The van der Waals surface area contributed by atoms with Gasteiger partial charge in [-0.1, -0.05) is 18.2 Å². The number of rotatable bonds is 8. The predicted molar refractivity (Wildman–Crippen MR) is 111 cm³/mol. The first-order chi connectivity index (χ1) is 12.1. The molecular weight excluding hydrogens is 448 g/mol. The minimum Gasteiger partial charge on any atom is -0.370 e. The van der Waals surface area contributed by atoms with Gasteiger partial charge in [0.2, 0.25) is 5.91 Å². The Balaban J connectivity index is 0.00000338. The number of benzene rings is 1. The molecule has 0 aliphatic carbocycles. The van der Waals surface area contributed by atoms with Gasteiger partial charge in [-0.2, -0.15) is 0 Å². The topological polar surface area (TPSA) is 92.4 Å². The van der Waals surface area contributed by atoms with E-state index in [0.717, 1.165) is 17.7 Å². The average Bonchev–Trinajstić information content (AvgIpc) is 2.62. The zero-order valence-corrected chi connectivity index (χ0v) is 16.7. The monoisotopic (exact) mass is 471 g/mol. The Morgan fingerprint density at radius 3 is 2.54 bits per heavy atom. The van der Waals surface area contributed by atoms with E-state index in [1.54, 1.807) is 18.3 Å². The Morgan fingerprint density at radius 1 is 1.12 bits per heavy atom. The van der Waals surface area contributed by atoms with E-state index in [4.69, 9.17) is 5.73 Å². The first kappa shape index (κ1) is 21.8. The van der Waals surface area contributed by atoms with Gasteiger partial charge in [0.1, 0.15) is 5.82 Å². The normalized spacial score (nSPS) is 10.7. The number of hydrogen-bond donors (Lipinski definition) is 3. The molecule has 140 valence electrons. The molecule has 0 aliphatic rings. The molecule has 1 heterocycles. The molecule has 0 unspecified atom stereocenters. The van der Waals surface area contributed by atoms with Crippen LogP contribution in [0, 0.1) is 5.82 Å². The molecule has 26 heavy (non-hydrogen) atoms. The highest BCUT2D eigenvalue weighted by Crippen LogP contribution is 2.03. The van der Waals surface area contributed by atoms with Crippen molar-refractivity contribution in [2.75, 3.05) is 19.6 Å². The number of nitrogens with two attached hydrogens (primary N) is 1. The van der Waals surface area contributed by atoms with Crippen LogP contribution in [-0.4, -0.2) is 36.5 Å². The van der Waals surface area contributed by atoms with Gasteiger partial charge < -0.3 is 16.4 Å². The molecule has 1 aromatic carbocycles. The largest absolute Gasteiger partial charge is 0.370 e. The summed E-state index contributed by atoms with van der Waals surface area (Å²) in [4.78, 5) is 20.2. The van der Waals surface area contributed by atoms with Crippen molar-refractivity contribution in [3.63, 3.8) is 0 Å². The lowest BCUT2D eigenvalue weighted by molar-refractivity contribution is -0.120. The van der Waals surface area contributed by atoms with Crippen LogP contribution in [-0.2, 0) is 17.6 Å². The number of nitrogens with one attached hydrogen (secondary N) is 2. The van der Waals surface area contributed by atoms with E-state index in [2.05, 4.69) is 20.6 Å². The van der Waals surface area contributed by atoms with Crippen molar-refractivity contribution in [3.8, 4) is 0 Å². The highest BCUT2D eigenvalue weighted by atomic mass is 127. The Hall–Kier alpha value is -2.23. The molecule has 0 fully saturated rings. The van der Waals surface area contributed by atoms with Gasteiger partial charge in [0.15, 0.2) is 5.96 Å². The van der Waals surface area contributed by atoms with Crippen LogP contribution in [0.4, 0.5) is 4.39 Å². The average molecular weight is 471 g/mol. The SMILES string of the molecule is I.NC(=NCCc1ccccn1)NCCNC(=O)Cc1ccc(F)cc1. The number of pyridine rings is 1. The van der Waals surface area contributed by atoms with Gasteiger partial charge in [0, 0.05) is 37.9 Å². The molecule has 8 heteroatoms. The van der Waals surface area contributed by atoms with Crippen LogP contribution in [0.15, 0.2) is 53.7 Å². The van der Waals surface area contributed by atoms with Crippen LogP contribution in [0.1, 0.15) is 11.3 Å². The quantitative estimate of drug-likeness (QED) is 0.236. The molecule has 6 nitrogen and oxygen atoms in total. The van der Waals surface area contributed by atoms with Crippen LogP contribution in [0.25, 0.3) is 0 Å². The lowest BCUT2D eigenvalue weighted by Gasteiger charge is -2.08. The fourth-order valence-electron chi connectivity index (χ4n) is 2.14. The van der Waals surface area contributed by atoms with Crippen molar-refractivity contribution in [1.82, 2.24) is 15.6 Å². The molecular formula is C18H23FIN5O. The summed E-state index contributed by atoms with van der Waals surface area (Å²) in [7, 11) is 0. The molecule has 1 amide bonds. The number of carbonyl (C=O) groups is 1. The Labute approximate surface area is 169 Å². The molecule has 4 N–H and O–H groups in total. The third kappa shape index (κ3) is 8.75. The number of hydrogen-bond acceptors (Lipinski definition) is 3. The predicted octanol–water partition coefficient (Wildman–Crippen LogP) is 1.64. The van der Waals surface area contributed by atoms with E-state index in [0.29, 0.717) is 25.6 Å². The van der Waals surface area contributed by atoms with Crippen molar-refractivity contribution >= 4 is 35.8 Å². The second-order valence-corrected chi connectivity index (χ2v) is 5.42. The van der Waals surface area contributed by atoms with E-state index < -0.39 is 0 Å². The van der Waals surface area contributed by atoms with Crippen LogP contribution < -0.4 is 16.4 Å². The van der Waals surface area contributed by atoms with Crippen molar-refractivity contribution in [2.45, 2.75) is 12.8 Å². The van der Waals surface area contributed by atoms with Gasteiger partial charge in [-0.25, -0.2) is 4.39 Å². The number of guanidine groups is 1. The summed E-state index contributed by atoms with van der Waals surface area (Å²) < 4.78 is 12.8. The molecule has 0 radical (unpaired) electrons. The molecule has 0 spiro atoms. The third-order valence-electron chi connectivity index (χ3n) is 3.41. The number of carbonyl (C=O) groups excluding carboxylic acids is 1. The van der Waals surface area contributed by atoms with E-state index in [-0.39, 0.29) is 42.1 Å². The van der Waals surface area contributed by atoms with Gasteiger partial charge in [-0.3, -0.25) is 14.8 Å². The minimum atomic E-state index is -0.314. The standard InChI is InChI=1S/C18H22FN5O.HI/c19-15-6-4-14(5-7-15)13-17(25)22-11-12-24-18(20)23-10-8-16-3-1-2-9-21-16;/h1-7,9H,8,10-13H2,(H,22,25)(H3,20,23,24);1H. The Morgan fingerprint density at radius 2 is 1.85 bits per heavy atom. The van der Waals surface area contributed by atoms with Gasteiger partial charge in [0.05, 0.1) is 6.42 Å². The Kier molecular flexibility index (Phi) is 10.2. The zero-order valence-electron chi connectivity index (χ0n) is 14.3. The van der Waals surface area contributed by atoms with Gasteiger partial charge in [-0.05, 0) is 29.8 Å². The number of amides is 1. The molecule has 2 rings (SSSR count). The molecule has 2 aromatic rings. The van der Waals surface area contributed by atoms with Crippen molar-refractivity contribution in [2.24, 2.45) is 10.7 Å². The van der Waals surface area contributed by atoms with E-state index in [9.17, 15) is 9.18 Å². The van der Waals surface area contributed by atoms with Crippen LogP contribution >= 0.6 is 24.0 Å². The molecule has 0 bridgehead atoms. The van der Waals surface area contributed by atoms with E-state index in [1.165, 1.54) is 12.1 Å². The van der Waals surface area contributed by atoms with Crippen molar-refractivity contribution < 1.29 is 9.18 Å². The number of aromatic nitrogens is 1. The summed E-state index contributed by atoms with van der Waals surface area (Å²) in [6, 6.07) is 11.6. The highest BCUT2D eigenvalue weighted by Gasteiger charge is 2.03.